The molecule has 7 heteroatoms. The normalized spacial score (nSPS) is 12.6. The van der Waals surface area contributed by atoms with Crippen LogP contribution in [0.5, 0.6) is 0 Å². The van der Waals surface area contributed by atoms with Crippen LogP contribution in [0.1, 0.15) is 28.6 Å². The molecule has 4 nitrogen and oxygen atoms in total. The lowest BCUT2D eigenvalue weighted by molar-refractivity contribution is 0.745. The largest absolute Gasteiger partial charge is 0.323 e. The van der Waals surface area contributed by atoms with E-state index in [1.807, 2.05) is 31.2 Å². The van der Waals surface area contributed by atoms with Crippen LogP contribution in [0.3, 0.4) is 0 Å². The zero-order valence-electron chi connectivity index (χ0n) is 14.4. The lowest BCUT2D eigenvalue weighted by atomic mass is 10.2. The van der Waals surface area contributed by atoms with Crippen molar-refractivity contribution in [2.24, 2.45) is 0 Å². The molecule has 0 aliphatic carbocycles. The van der Waals surface area contributed by atoms with E-state index in [2.05, 4.69) is 46.0 Å². The van der Waals surface area contributed by atoms with Gasteiger partial charge in [0.25, 0.3) is 0 Å². The summed E-state index contributed by atoms with van der Waals surface area (Å²) in [4.78, 5) is 4.89. The number of rotatable bonds is 5. The summed E-state index contributed by atoms with van der Waals surface area (Å²) in [5.74, 6) is 1.02. The Balaban J connectivity index is 1.75. The molecule has 4 rings (SSSR count). The molecule has 26 heavy (non-hydrogen) atoms. The summed E-state index contributed by atoms with van der Waals surface area (Å²) in [6, 6.07) is 16.3. The predicted molar refractivity (Wildman–Crippen MR) is 109 cm³/mol. The van der Waals surface area contributed by atoms with Gasteiger partial charge in [0, 0.05) is 11.6 Å². The molecule has 1 atom stereocenters. The van der Waals surface area contributed by atoms with Gasteiger partial charge in [0.05, 0.1) is 16.3 Å². The van der Waals surface area contributed by atoms with E-state index in [1.54, 1.807) is 23.1 Å². The molecule has 2 aromatic heterocycles. The average molecular weight is 401 g/mol. The molecule has 2 heterocycles. The minimum Gasteiger partial charge on any atom is -0.323 e. The minimum atomic E-state index is 0.150. The number of aryl methyl sites for hydroxylation is 1. The average Bonchev–Trinajstić information content (AvgIpc) is 3.19. The Morgan fingerprint density at radius 3 is 2.69 bits per heavy atom. The van der Waals surface area contributed by atoms with Gasteiger partial charge in [-0.1, -0.05) is 65.0 Å². The molecule has 0 fully saturated rings. The maximum absolute atomic E-state index is 6.18. The van der Waals surface area contributed by atoms with Crippen molar-refractivity contribution < 1.29 is 0 Å². The molecule has 1 unspecified atom stereocenters. The quantitative estimate of drug-likeness (QED) is 0.400. The predicted octanol–water partition coefficient (Wildman–Crippen LogP) is 5.75. The van der Waals surface area contributed by atoms with Gasteiger partial charge in [-0.15, -0.1) is 10.2 Å². The van der Waals surface area contributed by atoms with E-state index in [-0.39, 0.29) is 5.25 Å². The van der Waals surface area contributed by atoms with Crippen LogP contribution in [-0.4, -0.2) is 19.7 Å². The van der Waals surface area contributed by atoms with Crippen LogP contribution in [0.15, 0.2) is 52.9 Å². The Labute approximate surface area is 165 Å². The molecule has 0 amide bonds. The number of hydrogen-bond acceptors (Lipinski definition) is 5. The number of nitrogens with zero attached hydrogens (tertiary/aromatic N) is 4. The van der Waals surface area contributed by atoms with E-state index in [9.17, 15) is 0 Å². The van der Waals surface area contributed by atoms with Gasteiger partial charge >= 0.3 is 0 Å². The highest BCUT2D eigenvalue weighted by Crippen LogP contribution is 2.37. The van der Waals surface area contributed by atoms with Crippen LogP contribution < -0.4 is 0 Å². The summed E-state index contributed by atoms with van der Waals surface area (Å²) in [7, 11) is 0. The Morgan fingerprint density at radius 1 is 1.15 bits per heavy atom. The first-order valence-corrected chi connectivity index (χ1v) is 10.3. The number of benzene rings is 2. The number of fused-ring (bicyclic) bond motifs is 1. The lowest BCUT2D eigenvalue weighted by Crippen LogP contribution is -2.06. The zero-order chi connectivity index (χ0) is 18.1. The SMILES string of the molecule is Cc1nnc(SC(C)c2nc3cc(Cl)ccc3n2Cc2ccccc2)s1. The zero-order valence-corrected chi connectivity index (χ0v) is 16.8. The number of aromatic nitrogens is 4. The van der Waals surface area contributed by atoms with Crippen LogP contribution in [0.4, 0.5) is 0 Å². The van der Waals surface area contributed by atoms with Gasteiger partial charge in [-0.25, -0.2) is 4.98 Å². The number of halogens is 1. The molecular weight excluding hydrogens is 384 g/mol. The van der Waals surface area contributed by atoms with Crippen LogP contribution in [-0.2, 0) is 6.54 Å². The van der Waals surface area contributed by atoms with E-state index < -0.39 is 0 Å². The third-order valence-electron chi connectivity index (χ3n) is 4.07. The number of hydrogen-bond donors (Lipinski definition) is 0. The Bertz CT molecular complexity index is 1040. The third kappa shape index (κ3) is 3.63. The van der Waals surface area contributed by atoms with Crippen molar-refractivity contribution >= 4 is 45.7 Å². The van der Waals surface area contributed by atoms with Crippen molar-refractivity contribution in [3.63, 3.8) is 0 Å². The molecule has 0 aliphatic rings. The molecule has 0 bridgehead atoms. The molecule has 2 aromatic carbocycles. The molecule has 0 radical (unpaired) electrons. The molecule has 0 aliphatic heterocycles. The molecule has 132 valence electrons. The Morgan fingerprint density at radius 2 is 1.96 bits per heavy atom. The van der Waals surface area contributed by atoms with Crippen molar-refractivity contribution in [2.75, 3.05) is 0 Å². The molecular formula is C19H17ClN4S2. The van der Waals surface area contributed by atoms with Gasteiger partial charge in [-0.05, 0) is 37.6 Å². The summed E-state index contributed by atoms with van der Waals surface area (Å²) in [6.07, 6.45) is 0. The number of imidazole rings is 1. The molecule has 0 saturated heterocycles. The highest BCUT2D eigenvalue weighted by atomic mass is 35.5. The first-order chi connectivity index (χ1) is 12.6. The van der Waals surface area contributed by atoms with Crippen molar-refractivity contribution in [3.8, 4) is 0 Å². The van der Waals surface area contributed by atoms with Crippen molar-refractivity contribution in [2.45, 2.75) is 30.0 Å². The Kier molecular flexibility index (Phi) is 4.98. The first-order valence-electron chi connectivity index (χ1n) is 8.26. The maximum Gasteiger partial charge on any atom is 0.174 e. The summed E-state index contributed by atoms with van der Waals surface area (Å²) < 4.78 is 3.23. The van der Waals surface area contributed by atoms with Crippen LogP contribution >= 0.6 is 34.7 Å². The minimum absolute atomic E-state index is 0.150. The highest BCUT2D eigenvalue weighted by molar-refractivity contribution is 8.01. The van der Waals surface area contributed by atoms with E-state index in [4.69, 9.17) is 16.6 Å². The fraction of sp³-hybridized carbons (Fsp3) is 0.211. The highest BCUT2D eigenvalue weighted by Gasteiger charge is 2.19. The molecule has 0 saturated carbocycles. The summed E-state index contributed by atoms with van der Waals surface area (Å²) in [5, 5.41) is 10.2. The fourth-order valence-electron chi connectivity index (χ4n) is 2.89. The van der Waals surface area contributed by atoms with Gasteiger partial charge < -0.3 is 4.57 Å². The Hall–Kier alpha value is -1.89. The van der Waals surface area contributed by atoms with Gasteiger partial charge in [0.2, 0.25) is 0 Å². The van der Waals surface area contributed by atoms with Crippen molar-refractivity contribution in [1.82, 2.24) is 19.7 Å². The molecule has 4 aromatic rings. The van der Waals surface area contributed by atoms with Gasteiger partial charge in [0.15, 0.2) is 4.34 Å². The summed E-state index contributed by atoms with van der Waals surface area (Å²) >= 11 is 9.48. The van der Waals surface area contributed by atoms with Gasteiger partial charge in [-0.3, -0.25) is 0 Å². The summed E-state index contributed by atoms with van der Waals surface area (Å²) in [6.45, 7) is 4.90. The second-order valence-corrected chi connectivity index (χ2v) is 9.23. The second kappa shape index (κ2) is 7.39. The molecule has 0 spiro atoms. The topological polar surface area (TPSA) is 43.6 Å². The number of thioether (sulfide) groups is 1. The smallest absolute Gasteiger partial charge is 0.174 e. The van der Waals surface area contributed by atoms with Gasteiger partial charge in [0.1, 0.15) is 10.8 Å². The second-order valence-electron chi connectivity index (χ2n) is 6.02. The van der Waals surface area contributed by atoms with Crippen molar-refractivity contribution in [1.29, 1.82) is 0 Å². The van der Waals surface area contributed by atoms with Crippen LogP contribution in [0.25, 0.3) is 11.0 Å². The molecule has 0 N–H and O–H groups in total. The lowest BCUT2D eigenvalue weighted by Gasteiger charge is -2.13. The van der Waals surface area contributed by atoms with E-state index >= 15 is 0 Å². The van der Waals surface area contributed by atoms with Gasteiger partial charge in [-0.2, -0.15) is 0 Å². The van der Waals surface area contributed by atoms with Crippen LogP contribution in [0.2, 0.25) is 5.02 Å². The van der Waals surface area contributed by atoms with E-state index in [1.165, 1.54) is 5.56 Å². The van der Waals surface area contributed by atoms with E-state index in [0.29, 0.717) is 5.02 Å². The standard InChI is InChI=1S/C19H17ClN4S2/c1-12(25-19-23-22-13(2)26-19)18-21-16-10-15(20)8-9-17(16)24(18)11-14-6-4-3-5-7-14/h3-10,12H,11H2,1-2H3. The monoisotopic (exact) mass is 400 g/mol. The summed E-state index contributed by atoms with van der Waals surface area (Å²) in [5.41, 5.74) is 3.26. The fourth-order valence-corrected chi connectivity index (χ4v) is 5.14. The van der Waals surface area contributed by atoms with E-state index in [0.717, 1.165) is 32.7 Å². The van der Waals surface area contributed by atoms with Crippen LogP contribution in [0, 0.1) is 6.92 Å². The first kappa shape index (κ1) is 17.5. The third-order valence-corrected chi connectivity index (χ3v) is 6.33. The maximum atomic E-state index is 6.18. The van der Waals surface area contributed by atoms with Crippen molar-refractivity contribution in [3.05, 3.63) is 69.9 Å².